The van der Waals surface area contributed by atoms with E-state index in [0.29, 0.717) is 26.1 Å². The van der Waals surface area contributed by atoms with Crippen molar-refractivity contribution in [1.82, 2.24) is 0 Å². The number of allylic oxidation sites excluding steroid dienone is 1. The molecule has 0 saturated carbocycles. The molecule has 194 valence electrons. The molecule has 4 nitrogen and oxygen atoms in total. The molecule has 0 atom stereocenters. The SMILES string of the molecule is CCCCCCCCCCC/C=C/COC(=O)CCCCCCCCC(=O)OCCCCC. The minimum Gasteiger partial charge on any atom is -0.466 e. The number of carbonyl (C=O) groups is 2. The zero-order valence-electron chi connectivity index (χ0n) is 22.1. The summed E-state index contributed by atoms with van der Waals surface area (Å²) in [7, 11) is 0. The van der Waals surface area contributed by atoms with Gasteiger partial charge in [0.25, 0.3) is 0 Å². The third kappa shape index (κ3) is 26.8. The van der Waals surface area contributed by atoms with Gasteiger partial charge in [0.2, 0.25) is 0 Å². The topological polar surface area (TPSA) is 52.6 Å². The molecule has 0 aromatic heterocycles. The van der Waals surface area contributed by atoms with Crippen molar-refractivity contribution in [3.63, 3.8) is 0 Å². The van der Waals surface area contributed by atoms with Crippen LogP contribution in [0.3, 0.4) is 0 Å². The minimum atomic E-state index is -0.0893. The van der Waals surface area contributed by atoms with E-state index in [1.54, 1.807) is 0 Å². The summed E-state index contributed by atoms with van der Waals surface area (Å²) in [6.45, 7) is 5.38. The Morgan fingerprint density at radius 2 is 0.970 bits per heavy atom. The van der Waals surface area contributed by atoms with Crippen molar-refractivity contribution >= 4 is 11.9 Å². The molecule has 0 radical (unpaired) electrons. The largest absolute Gasteiger partial charge is 0.466 e. The second-order valence-electron chi connectivity index (χ2n) is 9.32. The number of ether oxygens (including phenoxy) is 2. The lowest BCUT2D eigenvalue weighted by atomic mass is 10.1. The normalized spacial score (nSPS) is 11.2. The monoisotopic (exact) mass is 466 g/mol. The number of hydrogen-bond donors (Lipinski definition) is 0. The zero-order valence-corrected chi connectivity index (χ0v) is 22.1. The van der Waals surface area contributed by atoms with E-state index in [0.717, 1.165) is 64.2 Å². The summed E-state index contributed by atoms with van der Waals surface area (Å²) in [5.41, 5.74) is 0. The van der Waals surface area contributed by atoms with Gasteiger partial charge in [-0.3, -0.25) is 9.59 Å². The van der Waals surface area contributed by atoms with E-state index in [1.807, 2.05) is 6.08 Å². The Bertz CT molecular complexity index is 459. The quantitative estimate of drug-likeness (QED) is 0.0765. The average Bonchev–Trinajstić information content (AvgIpc) is 2.81. The summed E-state index contributed by atoms with van der Waals surface area (Å²) in [6.07, 6.45) is 27.8. The maximum atomic E-state index is 11.8. The molecule has 0 fully saturated rings. The molecule has 0 bridgehead atoms. The molecule has 0 spiro atoms. The van der Waals surface area contributed by atoms with Crippen LogP contribution in [0.15, 0.2) is 12.2 Å². The van der Waals surface area contributed by atoms with Crippen LogP contribution in [-0.4, -0.2) is 25.2 Å². The molecule has 0 aliphatic rings. The highest BCUT2D eigenvalue weighted by atomic mass is 16.5. The van der Waals surface area contributed by atoms with Gasteiger partial charge in [-0.25, -0.2) is 0 Å². The second kappa shape index (κ2) is 26.9. The molecule has 0 aliphatic heterocycles. The smallest absolute Gasteiger partial charge is 0.306 e. The van der Waals surface area contributed by atoms with Crippen LogP contribution in [0.4, 0.5) is 0 Å². The minimum absolute atomic E-state index is 0.0592. The summed E-state index contributed by atoms with van der Waals surface area (Å²) < 4.78 is 10.5. The van der Waals surface area contributed by atoms with Crippen LogP contribution >= 0.6 is 0 Å². The number of esters is 2. The maximum absolute atomic E-state index is 11.8. The first-order chi connectivity index (χ1) is 16.2. The first-order valence-corrected chi connectivity index (χ1v) is 14.2. The fourth-order valence-electron chi connectivity index (χ4n) is 3.83. The molecule has 0 aromatic rings. The lowest BCUT2D eigenvalue weighted by molar-refractivity contribution is -0.144. The maximum Gasteiger partial charge on any atom is 0.306 e. The highest BCUT2D eigenvalue weighted by Crippen LogP contribution is 2.11. The van der Waals surface area contributed by atoms with Gasteiger partial charge in [-0.15, -0.1) is 0 Å². The van der Waals surface area contributed by atoms with Crippen LogP contribution < -0.4 is 0 Å². The van der Waals surface area contributed by atoms with Crippen molar-refractivity contribution in [3.05, 3.63) is 12.2 Å². The Morgan fingerprint density at radius 1 is 0.515 bits per heavy atom. The van der Waals surface area contributed by atoms with E-state index in [2.05, 4.69) is 19.9 Å². The predicted molar refractivity (Wildman–Crippen MR) is 139 cm³/mol. The van der Waals surface area contributed by atoms with Gasteiger partial charge in [0.05, 0.1) is 6.61 Å². The Hall–Kier alpha value is -1.32. The highest BCUT2D eigenvalue weighted by molar-refractivity contribution is 5.69. The Morgan fingerprint density at radius 3 is 1.55 bits per heavy atom. The number of carbonyl (C=O) groups excluding carboxylic acids is 2. The second-order valence-corrected chi connectivity index (χ2v) is 9.32. The predicted octanol–water partition coefficient (Wildman–Crippen LogP) is 8.86. The van der Waals surface area contributed by atoms with Crippen LogP contribution in [0.5, 0.6) is 0 Å². The summed E-state index contributed by atoms with van der Waals surface area (Å²) >= 11 is 0. The molecule has 0 N–H and O–H groups in total. The van der Waals surface area contributed by atoms with E-state index < -0.39 is 0 Å². The summed E-state index contributed by atoms with van der Waals surface area (Å²) in [5.74, 6) is -0.149. The van der Waals surface area contributed by atoms with Crippen LogP contribution in [0.25, 0.3) is 0 Å². The summed E-state index contributed by atoms with van der Waals surface area (Å²) in [5, 5.41) is 0. The van der Waals surface area contributed by atoms with Crippen molar-refractivity contribution in [2.75, 3.05) is 13.2 Å². The summed E-state index contributed by atoms with van der Waals surface area (Å²) in [6, 6.07) is 0. The van der Waals surface area contributed by atoms with Crippen LogP contribution in [0.1, 0.15) is 149 Å². The van der Waals surface area contributed by atoms with Gasteiger partial charge >= 0.3 is 11.9 Å². The van der Waals surface area contributed by atoms with Crippen molar-refractivity contribution in [2.24, 2.45) is 0 Å². The van der Waals surface area contributed by atoms with Gasteiger partial charge in [-0.1, -0.05) is 116 Å². The first kappa shape index (κ1) is 31.7. The van der Waals surface area contributed by atoms with Gasteiger partial charge in [-0.2, -0.15) is 0 Å². The summed E-state index contributed by atoms with van der Waals surface area (Å²) in [4.78, 5) is 23.3. The first-order valence-electron chi connectivity index (χ1n) is 14.2. The van der Waals surface area contributed by atoms with Gasteiger partial charge in [-0.05, 0) is 32.1 Å². The lowest BCUT2D eigenvalue weighted by Crippen LogP contribution is -2.05. The highest BCUT2D eigenvalue weighted by Gasteiger charge is 2.03. The van der Waals surface area contributed by atoms with Gasteiger partial charge in [0.15, 0.2) is 0 Å². The molecule has 0 heterocycles. The van der Waals surface area contributed by atoms with Crippen LogP contribution in [-0.2, 0) is 19.1 Å². The number of unbranched alkanes of at least 4 members (excludes halogenated alkanes) is 16. The molecule has 0 aliphatic carbocycles. The van der Waals surface area contributed by atoms with E-state index in [9.17, 15) is 9.59 Å². The van der Waals surface area contributed by atoms with Gasteiger partial charge < -0.3 is 9.47 Å². The molecular formula is C29H54O4. The van der Waals surface area contributed by atoms with E-state index in [4.69, 9.17) is 9.47 Å². The van der Waals surface area contributed by atoms with E-state index in [1.165, 1.54) is 57.8 Å². The Kier molecular flexibility index (Phi) is 25.9. The third-order valence-electron chi connectivity index (χ3n) is 6.00. The molecule has 0 rings (SSSR count). The van der Waals surface area contributed by atoms with Gasteiger partial charge in [0, 0.05) is 12.8 Å². The van der Waals surface area contributed by atoms with E-state index in [-0.39, 0.29) is 11.9 Å². The molecule has 0 aromatic carbocycles. The third-order valence-corrected chi connectivity index (χ3v) is 6.00. The Balaban J connectivity index is 3.30. The molecule has 0 unspecified atom stereocenters. The average molecular weight is 467 g/mol. The van der Waals surface area contributed by atoms with Gasteiger partial charge in [0.1, 0.15) is 6.61 Å². The van der Waals surface area contributed by atoms with Crippen LogP contribution in [0.2, 0.25) is 0 Å². The van der Waals surface area contributed by atoms with Crippen molar-refractivity contribution in [2.45, 2.75) is 149 Å². The van der Waals surface area contributed by atoms with Crippen molar-refractivity contribution in [3.8, 4) is 0 Å². The molecule has 33 heavy (non-hydrogen) atoms. The fourth-order valence-corrected chi connectivity index (χ4v) is 3.83. The molecular weight excluding hydrogens is 412 g/mol. The van der Waals surface area contributed by atoms with E-state index >= 15 is 0 Å². The number of hydrogen-bond acceptors (Lipinski definition) is 4. The van der Waals surface area contributed by atoms with Crippen molar-refractivity contribution in [1.29, 1.82) is 0 Å². The van der Waals surface area contributed by atoms with Crippen molar-refractivity contribution < 1.29 is 19.1 Å². The standard InChI is InChI=1S/C29H54O4/c1-3-5-7-8-9-10-11-12-13-16-19-23-27-33-29(31)25-21-18-15-14-17-20-24-28(30)32-26-22-6-4-2/h19,23H,3-18,20-22,24-27H2,1-2H3/b23-19+. The Labute approximate surface area is 205 Å². The molecule has 4 heteroatoms. The van der Waals surface area contributed by atoms with Crippen LogP contribution in [0, 0.1) is 0 Å². The molecule has 0 saturated heterocycles. The number of rotatable bonds is 25. The fraction of sp³-hybridized carbons (Fsp3) is 0.862. The lowest BCUT2D eigenvalue weighted by Gasteiger charge is -2.05. The molecule has 0 amide bonds. The zero-order chi connectivity index (χ0) is 24.2.